The molecule has 0 aromatic carbocycles. The Labute approximate surface area is 71.0 Å². The van der Waals surface area contributed by atoms with E-state index in [1.54, 1.807) is 0 Å². The molecule has 0 aliphatic rings. The molecule has 0 unspecified atom stereocenters. The summed E-state index contributed by atoms with van der Waals surface area (Å²) in [4.78, 5) is 25.4. The fourth-order valence-electron chi connectivity index (χ4n) is 0.512. The van der Waals surface area contributed by atoms with Crippen molar-refractivity contribution in [1.82, 2.24) is 5.48 Å². The lowest BCUT2D eigenvalue weighted by molar-refractivity contribution is -0.149. The van der Waals surface area contributed by atoms with Gasteiger partial charge in [0, 0.05) is 6.42 Å². The Morgan fingerprint density at radius 2 is 2.08 bits per heavy atom. The number of amides is 1. The average Bonchev–Trinajstić information content (AvgIpc) is 2.10. The van der Waals surface area contributed by atoms with Crippen LogP contribution in [0.5, 0.6) is 0 Å². The van der Waals surface area contributed by atoms with Gasteiger partial charge < -0.3 is 9.57 Å². The van der Waals surface area contributed by atoms with Crippen LogP contribution in [-0.4, -0.2) is 19.2 Å². The van der Waals surface area contributed by atoms with Crippen LogP contribution in [0, 0.1) is 0 Å². The zero-order chi connectivity index (χ0) is 9.40. The number of nitrogens with one attached hydrogen (secondary N) is 1. The zero-order valence-corrected chi connectivity index (χ0v) is 7.25. The van der Waals surface area contributed by atoms with Crippen LogP contribution in [0.4, 0.5) is 4.79 Å². The van der Waals surface area contributed by atoms with Crippen LogP contribution in [-0.2, 0) is 14.4 Å². The molecule has 0 fully saturated rings. The number of hydroxylamine groups is 1. The number of carbonyl (C=O) groups is 2. The molecule has 5 nitrogen and oxygen atoms in total. The maximum Gasteiger partial charge on any atom is 0.440 e. The monoisotopic (exact) mass is 175 g/mol. The molecule has 0 rings (SSSR count). The predicted molar refractivity (Wildman–Crippen MR) is 41.2 cm³/mol. The average molecular weight is 175 g/mol. The smallest absolute Gasteiger partial charge is 0.440 e. The number of methoxy groups -OCH3 is 1. The molecule has 0 radical (unpaired) electrons. The first-order chi connectivity index (χ1) is 5.70. The number of hydrogen-bond acceptors (Lipinski definition) is 4. The number of rotatable bonds is 3. The minimum Gasteiger partial charge on any atom is -0.451 e. The summed E-state index contributed by atoms with van der Waals surface area (Å²) in [5, 5.41) is 0. The molecule has 0 heterocycles. The first-order valence-corrected chi connectivity index (χ1v) is 3.74. The fourth-order valence-corrected chi connectivity index (χ4v) is 0.512. The van der Waals surface area contributed by atoms with Gasteiger partial charge in [-0.05, 0) is 6.42 Å². The summed E-state index contributed by atoms with van der Waals surface area (Å²) in [6.07, 6.45) is 1.19. The standard InChI is InChI=1S/C7H13NO4/c1-3-4-5-6(9)12-8-7(10)11-2/h3-5H2,1-2H3,(H,8,10). The van der Waals surface area contributed by atoms with Gasteiger partial charge in [-0.3, -0.25) is 0 Å². The number of hydrogen-bond donors (Lipinski definition) is 1. The van der Waals surface area contributed by atoms with E-state index in [-0.39, 0.29) is 0 Å². The molecule has 0 aliphatic carbocycles. The van der Waals surface area contributed by atoms with Crippen LogP contribution in [0.3, 0.4) is 0 Å². The molecule has 0 aromatic heterocycles. The van der Waals surface area contributed by atoms with Gasteiger partial charge in [0.25, 0.3) is 0 Å². The predicted octanol–water partition coefficient (Wildman–Crippen LogP) is 0.991. The first-order valence-electron chi connectivity index (χ1n) is 3.74. The largest absolute Gasteiger partial charge is 0.451 e. The molecule has 5 heteroatoms. The number of carbonyl (C=O) groups excluding carboxylic acids is 2. The lowest BCUT2D eigenvalue weighted by Crippen LogP contribution is -2.26. The molecular formula is C7H13NO4. The van der Waals surface area contributed by atoms with E-state index in [1.165, 1.54) is 7.11 Å². The normalized spacial score (nSPS) is 8.83. The van der Waals surface area contributed by atoms with Crippen molar-refractivity contribution in [3.63, 3.8) is 0 Å². The van der Waals surface area contributed by atoms with Crippen molar-refractivity contribution in [3.8, 4) is 0 Å². The van der Waals surface area contributed by atoms with Crippen LogP contribution < -0.4 is 5.48 Å². The highest BCUT2D eigenvalue weighted by molar-refractivity contribution is 5.72. The van der Waals surface area contributed by atoms with Gasteiger partial charge >= 0.3 is 12.1 Å². The quantitative estimate of drug-likeness (QED) is 0.649. The van der Waals surface area contributed by atoms with E-state index in [2.05, 4.69) is 9.57 Å². The van der Waals surface area contributed by atoms with E-state index >= 15 is 0 Å². The topological polar surface area (TPSA) is 64.6 Å². The zero-order valence-electron chi connectivity index (χ0n) is 7.25. The SMILES string of the molecule is CCCCC(=O)ONC(=O)OC. The molecule has 0 aromatic rings. The van der Waals surface area contributed by atoms with E-state index in [1.807, 2.05) is 12.4 Å². The molecule has 1 N–H and O–H groups in total. The van der Waals surface area contributed by atoms with E-state index < -0.39 is 12.1 Å². The fraction of sp³-hybridized carbons (Fsp3) is 0.714. The Kier molecular flexibility index (Phi) is 5.77. The second-order valence-corrected chi connectivity index (χ2v) is 2.17. The van der Waals surface area contributed by atoms with Gasteiger partial charge in [-0.15, -0.1) is 5.48 Å². The summed E-state index contributed by atoms with van der Waals surface area (Å²) in [5.74, 6) is -0.456. The highest BCUT2D eigenvalue weighted by atomic mass is 16.7. The van der Waals surface area contributed by atoms with Crippen molar-refractivity contribution < 1.29 is 19.2 Å². The second kappa shape index (κ2) is 6.45. The van der Waals surface area contributed by atoms with Crippen molar-refractivity contribution >= 4 is 12.1 Å². The maximum atomic E-state index is 10.7. The van der Waals surface area contributed by atoms with Crippen molar-refractivity contribution in [1.29, 1.82) is 0 Å². The highest BCUT2D eigenvalue weighted by Gasteiger charge is 2.04. The lowest BCUT2D eigenvalue weighted by Gasteiger charge is -2.02. The van der Waals surface area contributed by atoms with Gasteiger partial charge in [0.2, 0.25) is 0 Å². The Bertz CT molecular complexity index is 157. The lowest BCUT2D eigenvalue weighted by atomic mass is 10.3. The molecule has 70 valence electrons. The third-order valence-electron chi connectivity index (χ3n) is 1.17. The molecule has 0 aliphatic heterocycles. The summed E-state index contributed by atoms with van der Waals surface area (Å²) in [5.41, 5.74) is 1.83. The van der Waals surface area contributed by atoms with Gasteiger partial charge in [0.1, 0.15) is 0 Å². The molecular weight excluding hydrogens is 162 g/mol. The van der Waals surface area contributed by atoms with Crippen molar-refractivity contribution in [2.45, 2.75) is 26.2 Å². The highest BCUT2D eigenvalue weighted by Crippen LogP contribution is 1.94. The van der Waals surface area contributed by atoms with Gasteiger partial charge in [0.15, 0.2) is 0 Å². The summed E-state index contributed by atoms with van der Waals surface area (Å²) in [6.45, 7) is 1.96. The molecule has 0 bridgehead atoms. The Morgan fingerprint density at radius 3 is 2.58 bits per heavy atom. The van der Waals surface area contributed by atoms with Crippen LogP contribution >= 0.6 is 0 Å². The molecule has 0 atom stereocenters. The summed E-state index contributed by atoms with van der Waals surface area (Å²) >= 11 is 0. The van der Waals surface area contributed by atoms with Gasteiger partial charge in [-0.2, -0.15) is 0 Å². The third kappa shape index (κ3) is 5.52. The second-order valence-electron chi connectivity index (χ2n) is 2.17. The molecule has 12 heavy (non-hydrogen) atoms. The minimum absolute atomic E-state index is 0.306. The Hall–Kier alpha value is -1.26. The minimum atomic E-state index is -0.778. The van der Waals surface area contributed by atoms with Crippen molar-refractivity contribution in [3.05, 3.63) is 0 Å². The molecule has 0 saturated carbocycles. The maximum absolute atomic E-state index is 10.7. The molecule has 1 amide bonds. The molecule has 0 spiro atoms. The van der Waals surface area contributed by atoms with E-state index in [4.69, 9.17) is 0 Å². The Balaban J connectivity index is 3.37. The summed E-state index contributed by atoms with van der Waals surface area (Å²) in [6, 6.07) is 0. The number of unbranched alkanes of at least 4 members (excludes halogenated alkanes) is 1. The first kappa shape index (κ1) is 10.7. The van der Waals surface area contributed by atoms with E-state index in [0.29, 0.717) is 6.42 Å². The number of ether oxygens (including phenoxy) is 1. The summed E-state index contributed by atoms with van der Waals surface area (Å²) in [7, 11) is 1.19. The summed E-state index contributed by atoms with van der Waals surface area (Å²) < 4.78 is 4.18. The van der Waals surface area contributed by atoms with E-state index in [0.717, 1.165) is 12.8 Å². The van der Waals surface area contributed by atoms with Crippen LogP contribution in [0.1, 0.15) is 26.2 Å². The third-order valence-corrected chi connectivity index (χ3v) is 1.17. The van der Waals surface area contributed by atoms with Gasteiger partial charge in [-0.1, -0.05) is 13.3 Å². The van der Waals surface area contributed by atoms with Crippen LogP contribution in [0.25, 0.3) is 0 Å². The van der Waals surface area contributed by atoms with Crippen LogP contribution in [0.15, 0.2) is 0 Å². The van der Waals surface area contributed by atoms with Crippen molar-refractivity contribution in [2.24, 2.45) is 0 Å². The van der Waals surface area contributed by atoms with Gasteiger partial charge in [0.05, 0.1) is 7.11 Å². The Morgan fingerprint density at radius 1 is 1.42 bits per heavy atom. The van der Waals surface area contributed by atoms with E-state index in [9.17, 15) is 9.59 Å². The van der Waals surface area contributed by atoms with Crippen molar-refractivity contribution in [2.75, 3.05) is 7.11 Å². The molecule has 0 saturated heterocycles. The van der Waals surface area contributed by atoms with Gasteiger partial charge in [-0.25, -0.2) is 9.59 Å². The van der Waals surface area contributed by atoms with Crippen LogP contribution in [0.2, 0.25) is 0 Å².